The van der Waals surface area contributed by atoms with Gasteiger partial charge in [-0.3, -0.25) is 0 Å². The first-order chi connectivity index (χ1) is 8.79. The van der Waals surface area contributed by atoms with Crippen molar-refractivity contribution >= 4 is 27.3 Å². The number of halogens is 1. The van der Waals surface area contributed by atoms with Crippen LogP contribution in [0.3, 0.4) is 0 Å². The molecule has 3 rings (SSSR count). The Hall–Kier alpha value is -1.15. The van der Waals surface area contributed by atoms with Crippen LogP contribution in [0.5, 0.6) is 5.75 Å². The average Bonchev–Trinajstić information content (AvgIpc) is 2.81. The van der Waals surface area contributed by atoms with Crippen molar-refractivity contribution in [1.29, 1.82) is 0 Å². The summed E-state index contributed by atoms with van der Waals surface area (Å²) in [4.78, 5) is 0. The molecule has 3 nitrogen and oxygen atoms in total. The fourth-order valence-corrected chi connectivity index (χ4v) is 4.23. The second kappa shape index (κ2) is 4.85. The summed E-state index contributed by atoms with van der Waals surface area (Å²) in [6.07, 6.45) is 0. The van der Waals surface area contributed by atoms with Crippen molar-refractivity contribution in [1.82, 2.24) is 10.2 Å². The van der Waals surface area contributed by atoms with Gasteiger partial charge in [0.2, 0.25) is 0 Å². The number of para-hydroxylation sites is 1. The van der Waals surface area contributed by atoms with Gasteiger partial charge in [-0.25, -0.2) is 0 Å². The van der Waals surface area contributed by atoms with Gasteiger partial charge in [-0.15, -0.1) is 0 Å². The molecule has 0 aliphatic heterocycles. The molecule has 0 saturated heterocycles. The molecule has 0 amide bonds. The Morgan fingerprint density at radius 1 is 1.22 bits per heavy atom. The first-order valence-corrected chi connectivity index (χ1v) is 8.37. The Morgan fingerprint density at radius 3 is 2.83 bits per heavy atom. The molecule has 1 N–H and O–H groups in total. The number of aromatic nitrogens is 2. The number of aromatic hydroxyl groups is 1. The fraction of sp³-hybridized carbons (Fsp3) is 0. The van der Waals surface area contributed by atoms with Crippen LogP contribution in [0, 0.1) is 3.57 Å². The molecule has 0 aliphatic rings. The van der Waals surface area contributed by atoms with Gasteiger partial charge in [0.1, 0.15) is 0 Å². The molecular formula is C12H7BIN2OS-. The maximum absolute atomic E-state index is 9.81. The van der Waals surface area contributed by atoms with Crippen LogP contribution in [0.15, 0.2) is 35.7 Å². The summed E-state index contributed by atoms with van der Waals surface area (Å²) in [5.41, 5.74) is 8.02. The Bertz CT molecular complexity index is 716. The van der Waals surface area contributed by atoms with Crippen LogP contribution in [0.2, 0.25) is 0 Å². The number of phenolic OH excluding ortho intramolecular Hbond substituents is 1. The molecule has 0 saturated carbocycles. The third kappa shape index (κ3) is 1.99. The van der Waals surface area contributed by atoms with Gasteiger partial charge >= 0.3 is 120 Å². The fourth-order valence-electron chi connectivity index (χ4n) is 1.70. The zero-order valence-electron chi connectivity index (χ0n) is 9.17. The first-order valence-electron chi connectivity index (χ1n) is 5.16. The van der Waals surface area contributed by atoms with E-state index >= 15 is 0 Å². The van der Waals surface area contributed by atoms with E-state index in [1.165, 1.54) is 0 Å². The number of hydrogen-bond donors (Lipinski definition) is 1. The monoisotopic (exact) mass is 365 g/mol. The van der Waals surface area contributed by atoms with Crippen LogP contribution in [0.25, 0.3) is 21.5 Å². The van der Waals surface area contributed by atoms with E-state index in [0.717, 1.165) is 13.8 Å². The van der Waals surface area contributed by atoms with Gasteiger partial charge in [-0.1, -0.05) is 0 Å². The minimum absolute atomic E-state index is 0.217. The summed E-state index contributed by atoms with van der Waals surface area (Å²) in [7, 11) is 0. The van der Waals surface area contributed by atoms with Crippen molar-refractivity contribution in [2.75, 3.05) is 0 Å². The van der Waals surface area contributed by atoms with Gasteiger partial charge in [0.25, 0.3) is 0 Å². The van der Waals surface area contributed by atoms with E-state index in [-0.39, 0.29) is 5.75 Å². The van der Waals surface area contributed by atoms with Gasteiger partial charge in [0.15, 0.2) is 0 Å². The Balaban J connectivity index is 2.17. The number of hydrogen-bond acceptors (Lipinski definition) is 4. The van der Waals surface area contributed by atoms with Crippen molar-refractivity contribution in [3.05, 3.63) is 39.3 Å². The predicted octanol–water partition coefficient (Wildman–Crippen LogP) is -0.594. The number of fused-ring (bicyclic) bond motifs is 1. The van der Waals surface area contributed by atoms with Crippen molar-refractivity contribution in [2.45, 2.75) is 0 Å². The number of phenols is 1. The number of benzene rings is 1. The summed E-state index contributed by atoms with van der Waals surface area (Å²) >= 11 is 1.15. The molecule has 6 heteroatoms. The standard InChI is InChI=1S/C12H7BIN2OS/c13-14-8-6-18-11-5-9(15-16-12(8)11)7-3-1-2-4-10(7)17/h1-6,17H/q-1. The third-order valence-electron chi connectivity index (χ3n) is 2.57. The molecule has 18 heavy (non-hydrogen) atoms. The number of thiophene rings is 1. The second-order valence-electron chi connectivity index (χ2n) is 3.65. The average molecular weight is 365 g/mol. The van der Waals surface area contributed by atoms with E-state index in [1.54, 1.807) is 23.5 Å². The van der Waals surface area contributed by atoms with E-state index in [0.29, 0.717) is 11.3 Å². The van der Waals surface area contributed by atoms with Gasteiger partial charge in [0.05, 0.1) is 0 Å². The van der Waals surface area contributed by atoms with Gasteiger partial charge in [0, 0.05) is 0 Å². The van der Waals surface area contributed by atoms with Crippen molar-refractivity contribution in [3.63, 3.8) is 0 Å². The summed E-state index contributed by atoms with van der Waals surface area (Å²) < 4.78 is 2.17. The molecule has 88 valence electrons. The SMILES string of the molecule is [B][I-]c1csc2cc(-c3ccccc3O)nnc12. The molecule has 0 aliphatic carbocycles. The Kier molecular flexibility index (Phi) is 3.21. The van der Waals surface area contributed by atoms with E-state index in [2.05, 4.69) is 10.2 Å². The maximum atomic E-state index is 9.81. The molecule has 2 heterocycles. The molecular weight excluding hydrogens is 358 g/mol. The van der Waals surface area contributed by atoms with Crippen LogP contribution >= 0.6 is 11.3 Å². The molecule has 0 fully saturated rings. The van der Waals surface area contributed by atoms with E-state index in [4.69, 9.17) is 5.70 Å². The molecule has 2 aromatic heterocycles. The van der Waals surface area contributed by atoms with Gasteiger partial charge < -0.3 is 0 Å². The van der Waals surface area contributed by atoms with E-state index in [9.17, 15) is 5.11 Å². The molecule has 0 atom stereocenters. The van der Waals surface area contributed by atoms with Crippen LogP contribution in [-0.2, 0) is 0 Å². The molecule has 3 aromatic rings. The molecule has 0 unspecified atom stereocenters. The number of nitrogens with zero attached hydrogens (tertiary/aromatic N) is 2. The van der Waals surface area contributed by atoms with Gasteiger partial charge in [-0.2, -0.15) is 0 Å². The van der Waals surface area contributed by atoms with E-state index in [1.807, 2.05) is 23.6 Å². The third-order valence-corrected chi connectivity index (χ3v) is 5.41. The minimum atomic E-state index is -0.468. The second-order valence-corrected chi connectivity index (χ2v) is 6.35. The quantitative estimate of drug-likeness (QED) is 0.488. The van der Waals surface area contributed by atoms with Crippen molar-refractivity contribution < 1.29 is 26.1 Å². The van der Waals surface area contributed by atoms with Crippen LogP contribution < -0.4 is 21.0 Å². The summed E-state index contributed by atoms with van der Waals surface area (Å²) in [5, 5.41) is 20.3. The predicted molar refractivity (Wildman–Crippen MR) is 69.0 cm³/mol. The van der Waals surface area contributed by atoms with Crippen molar-refractivity contribution in [3.8, 4) is 17.0 Å². The molecule has 0 bridgehead atoms. The topological polar surface area (TPSA) is 46.0 Å². The van der Waals surface area contributed by atoms with Crippen LogP contribution in [0.4, 0.5) is 0 Å². The van der Waals surface area contributed by atoms with Crippen LogP contribution in [0.1, 0.15) is 0 Å². The molecule has 1 aromatic carbocycles. The zero-order chi connectivity index (χ0) is 12.5. The Labute approximate surface area is 119 Å². The van der Waals surface area contributed by atoms with Gasteiger partial charge in [-0.05, 0) is 0 Å². The van der Waals surface area contributed by atoms with E-state index < -0.39 is 21.0 Å². The number of rotatable bonds is 2. The van der Waals surface area contributed by atoms with Crippen LogP contribution in [-0.4, -0.2) is 21.0 Å². The Morgan fingerprint density at radius 2 is 2.06 bits per heavy atom. The normalized spacial score (nSPS) is 11.1. The summed E-state index contributed by atoms with van der Waals surface area (Å²) in [6, 6.07) is 9.08. The molecule has 2 radical (unpaired) electrons. The zero-order valence-corrected chi connectivity index (χ0v) is 12.1. The van der Waals surface area contributed by atoms with Crippen molar-refractivity contribution in [2.24, 2.45) is 0 Å². The molecule has 0 spiro atoms. The summed E-state index contributed by atoms with van der Waals surface area (Å²) in [6.45, 7) is 0. The summed E-state index contributed by atoms with van der Waals surface area (Å²) in [5.74, 6) is 0.217. The first kappa shape index (κ1) is 11.9.